The minimum absolute atomic E-state index is 0.0283. The van der Waals surface area contributed by atoms with Gasteiger partial charge >= 0.3 is 0 Å². The van der Waals surface area contributed by atoms with Crippen LogP contribution in [0, 0.1) is 46.3 Å². The van der Waals surface area contributed by atoms with Gasteiger partial charge in [0, 0.05) is 12.3 Å². The summed E-state index contributed by atoms with van der Waals surface area (Å²) in [4.78, 5) is 0. The van der Waals surface area contributed by atoms with E-state index < -0.39 is 143 Å². The summed E-state index contributed by atoms with van der Waals surface area (Å²) in [6.07, 6.45) is -21.1. The van der Waals surface area contributed by atoms with E-state index in [9.17, 15) is 66.4 Å². The molecule has 73 heavy (non-hydrogen) atoms. The lowest BCUT2D eigenvalue weighted by molar-refractivity contribution is -0.390. The van der Waals surface area contributed by atoms with Gasteiger partial charge in [0.15, 0.2) is 25.2 Å². The predicted molar refractivity (Wildman–Crippen MR) is 249 cm³/mol. The Morgan fingerprint density at radius 3 is 1.81 bits per heavy atom. The minimum Gasteiger partial charge on any atom is -0.494 e. The van der Waals surface area contributed by atoms with Crippen molar-refractivity contribution in [2.45, 2.75) is 234 Å². The van der Waals surface area contributed by atoms with Crippen molar-refractivity contribution in [1.29, 1.82) is 0 Å². The van der Waals surface area contributed by atoms with Crippen LogP contribution in [0.5, 0.6) is 0 Å². The highest BCUT2D eigenvalue weighted by Gasteiger charge is 2.65. The quantitative estimate of drug-likeness (QED) is 0.0791. The van der Waals surface area contributed by atoms with Crippen molar-refractivity contribution < 1.29 is 109 Å². The maximum atomic E-state index is 12.1. The minimum atomic E-state index is -1.84. The third-order valence-electron chi connectivity index (χ3n) is 19.4. The Bertz CT molecular complexity index is 1880. The van der Waals surface area contributed by atoms with E-state index in [0.717, 1.165) is 57.1 Å². The molecule has 9 rings (SSSR count). The molecule has 0 radical (unpaired) electrons. The maximum Gasteiger partial charge on any atom is 0.187 e. The lowest BCUT2D eigenvalue weighted by atomic mass is 9.44. The molecular weight excluding hydrogens is 965 g/mol. The second-order valence-corrected chi connectivity index (χ2v) is 23.7. The van der Waals surface area contributed by atoms with Gasteiger partial charge in [0.1, 0.15) is 97.7 Å². The van der Waals surface area contributed by atoms with Gasteiger partial charge in [0.05, 0.1) is 44.4 Å². The SMILES string of the molecule is CC1=C(CCC(C)CO[C@@H]2O[C@H](CO)[C@@H](O)[C@H](O)[C@H]2O)OC2CC3C4CC[C@H]5C[C@@H](O[C@@H]6O[C@H](CO)[C@H](O[C@@H]7O[C@H](CO)[C@@H](O)[C@H](O)[C@H]7O)[C@H](O)[C@H]6O[C@@H]6O[C@@H](C)[C@H](O)[C@@H](O)[C@H]6O)CC[C@]5(C)C4CC[C@]3(C)C12. The molecule has 0 aromatic heterocycles. The zero-order valence-corrected chi connectivity index (χ0v) is 42.6. The number of aliphatic hydroxyl groups is 13. The molecule has 0 spiro atoms. The standard InChI is InChI=1S/C51H84O22/c1-20(19-65-46-40(61)38(59)35(56)30(16-52)69-46)6-9-28-21(2)33-29(68-28)15-27-25-8-7-23-14-24(10-12-50(23,4)26(25)11-13-51(27,33)5)67-49-45(73-47-41(62)37(58)34(55)22(3)66-47)43(64)44(32(18-54)71-49)72-48-42(63)39(60)36(57)31(17-53)70-48/h20,22-27,29-49,52-64H,6-19H2,1-5H3/t20?,22-,23-,24-,25?,26?,27?,29?,30+,31+,32+,33?,34-,35+,36+,37+,38-,39-,40+,41+,42+,43-,44-,45+,46+,47-,48-,49+,50-,51-/m0/s1. The van der Waals surface area contributed by atoms with E-state index in [2.05, 4.69) is 20.8 Å². The molecule has 13 N–H and O–H groups in total. The van der Waals surface area contributed by atoms with E-state index in [4.69, 9.17) is 42.6 Å². The third kappa shape index (κ3) is 10.3. The fourth-order valence-corrected chi connectivity index (χ4v) is 15.1. The Labute approximate surface area is 426 Å². The molecule has 5 aliphatic heterocycles. The maximum absolute atomic E-state index is 12.1. The zero-order valence-electron chi connectivity index (χ0n) is 42.6. The van der Waals surface area contributed by atoms with Crippen molar-refractivity contribution >= 4 is 0 Å². The van der Waals surface area contributed by atoms with Gasteiger partial charge in [-0.15, -0.1) is 0 Å². The number of ether oxygens (including phenoxy) is 9. The lowest BCUT2D eigenvalue weighted by Gasteiger charge is -2.61. The predicted octanol–water partition coefficient (Wildman–Crippen LogP) is -1.98. The molecule has 8 fully saturated rings. The Hall–Kier alpha value is -1.30. The van der Waals surface area contributed by atoms with Gasteiger partial charge in [0.2, 0.25) is 0 Å². The first-order valence-corrected chi connectivity index (χ1v) is 26.8. The summed E-state index contributed by atoms with van der Waals surface area (Å²) in [6, 6.07) is 0. The van der Waals surface area contributed by atoms with Crippen LogP contribution in [-0.4, -0.2) is 228 Å². The molecule has 4 saturated carbocycles. The van der Waals surface area contributed by atoms with Crippen LogP contribution in [0.4, 0.5) is 0 Å². The number of aliphatic hydroxyl groups excluding tert-OH is 13. The Kier molecular flexibility index (Phi) is 17.3. The van der Waals surface area contributed by atoms with E-state index in [0.29, 0.717) is 42.4 Å². The van der Waals surface area contributed by atoms with Crippen LogP contribution in [0.25, 0.3) is 0 Å². The summed E-state index contributed by atoms with van der Waals surface area (Å²) in [5.41, 5.74) is 1.44. The molecule has 5 heterocycles. The molecule has 22 nitrogen and oxygen atoms in total. The van der Waals surface area contributed by atoms with Crippen molar-refractivity contribution in [3.63, 3.8) is 0 Å². The Morgan fingerprint density at radius 1 is 0.575 bits per heavy atom. The Balaban J connectivity index is 0.836. The van der Waals surface area contributed by atoms with Gasteiger partial charge in [0.25, 0.3) is 0 Å². The van der Waals surface area contributed by atoms with Crippen LogP contribution in [0.1, 0.15) is 98.8 Å². The summed E-state index contributed by atoms with van der Waals surface area (Å²) in [5.74, 6) is 3.27. The van der Waals surface area contributed by atoms with Gasteiger partial charge in [-0.1, -0.05) is 20.8 Å². The fraction of sp³-hybridized carbons (Fsp3) is 0.961. The van der Waals surface area contributed by atoms with Crippen LogP contribution < -0.4 is 0 Å². The molecular formula is C51H84O22. The van der Waals surface area contributed by atoms with E-state index in [1.54, 1.807) is 0 Å². The van der Waals surface area contributed by atoms with E-state index in [1.165, 1.54) is 12.5 Å². The second-order valence-electron chi connectivity index (χ2n) is 23.7. The largest absolute Gasteiger partial charge is 0.494 e. The van der Waals surface area contributed by atoms with Gasteiger partial charge in [-0.05, 0) is 118 Å². The van der Waals surface area contributed by atoms with Gasteiger partial charge in [-0.2, -0.15) is 0 Å². The third-order valence-corrected chi connectivity index (χ3v) is 19.4. The number of hydrogen-bond acceptors (Lipinski definition) is 22. The molecule has 4 aliphatic carbocycles. The summed E-state index contributed by atoms with van der Waals surface area (Å²) < 4.78 is 54.7. The average Bonchev–Trinajstić information content (AvgIpc) is 3.86. The van der Waals surface area contributed by atoms with Crippen LogP contribution in [0.15, 0.2) is 11.3 Å². The summed E-state index contributed by atoms with van der Waals surface area (Å²) in [5, 5.41) is 136. The smallest absolute Gasteiger partial charge is 0.187 e. The van der Waals surface area contributed by atoms with Crippen LogP contribution >= 0.6 is 0 Å². The van der Waals surface area contributed by atoms with E-state index in [-0.39, 0.29) is 35.6 Å². The molecule has 0 aromatic rings. The molecule has 0 bridgehead atoms. The highest BCUT2D eigenvalue weighted by molar-refractivity contribution is 5.27. The van der Waals surface area contributed by atoms with Crippen molar-refractivity contribution in [3.8, 4) is 0 Å². The van der Waals surface area contributed by atoms with E-state index >= 15 is 0 Å². The molecule has 4 saturated heterocycles. The summed E-state index contributed by atoms with van der Waals surface area (Å²) in [6.45, 7) is 8.95. The number of rotatable bonds is 15. The van der Waals surface area contributed by atoms with Crippen molar-refractivity contribution in [2.24, 2.45) is 46.3 Å². The molecule has 420 valence electrons. The second kappa shape index (κ2) is 22.4. The molecule has 9 aliphatic rings. The van der Waals surface area contributed by atoms with Gasteiger partial charge in [-0.3, -0.25) is 0 Å². The topological polar surface area (TPSA) is 346 Å². The molecule has 22 heteroatoms. The number of allylic oxidation sites excluding steroid dienone is 1. The fourth-order valence-electron chi connectivity index (χ4n) is 15.1. The number of hydrogen-bond donors (Lipinski definition) is 13. The number of fused-ring (bicyclic) bond motifs is 7. The molecule has 30 atom stereocenters. The molecule has 0 amide bonds. The average molecular weight is 1050 g/mol. The highest BCUT2D eigenvalue weighted by atomic mass is 16.8. The zero-order chi connectivity index (χ0) is 52.6. The first-order chi connectivity index (χ1) is 34.6. The van der Waals surface area contributed by atoms with Crippen LogP contribution in [0.2, 0.25) is 0 Å². The van der Waals surface area contributed by atoms with Crippen LogP contribution in [0.3, 0.4) is 0 Å². The molecule has 0 aromatic carbocycles. The summed E-state index contributed by atoms with van der Waals surface area (Å²) in [7, 11) is 0. The first kappa shape index (κ1) is 56.4. The van der Waals surface area contributed by atoms with Gasteiger partial charge < -0.3 is 109 Å². The highest BCUT2D eigenvalue weighted by Crippen LogP contribution is 2.70. The Morgan fingerprint density at radius 2 is 1.15 bits per heavy atom. The lowest BCUT2D eigenvalue weighted by Crippen LogP contribution is -2.67. The van der Waals surface area contributed by atoms with E-state index in [1.807, 2.05) is 6.92 Å². The monoisotopic (exact) mass is 1050 g/mol. The van der Waals surface area contributed by atoms with Crippen molar-refractivity contribution in [1.82, 2.24) is 0 Å². The first-order valence-electron chi connectivity index (χ1n) is 26.8. The van der Waals surface area contributed by atoms with Gasteiger partial charge in [-0.25, -0.2) is 0 Å². The van der Waals surface area contributed by atoms with Crippen molar-refractivity contribution in [2.75, 3.05) is 26.4 Å². The summed E-state index contributed by atoms with van der Waals surface area (Å²) >= 11 is 0. The molecule has 6 unspecified atom stereocenters. The van der Waals surface area contributed by atoms with Crippen molar-refractivity contribution in [3.05, 3.63) is 11.3 Å². The van der Waals surface area contributed by atoms with Crippen LogP contribution in [-0.2, 0) is 42.6 Å². The normalized spacial score (nSPS) is 53.5.